The van der Waals surface area contributed by atoms with E-state index in [0.29, 0.717) is 17.9 Å². The first-order valence-electron chi connectivity index (χ1n) is 6.84. The van der Waals surface area contributed by atoms with Gasteiger partial charge in [-0.1, -0.05) is 60.8 Å². The lowest BCUT2D eigenvalue weighted by Crippen LogP contribution is -2.45. The molecule has 1 aromatic rings. The lowest BCUT2D eigenvalue weighted by molar-refractivity contribution is -0.141. The van der Waals surface area contributed by atoms with E-state index in [1.165, 1.54) is 12.3 Å². The van der Waals surface area contributed by atoms with E-state index >= 15 is 0 Å². The first-order chi connectivity index (χ1) is 9.04. The molecule has 2 nitrogen and oxygen atoms in total. The van der Waals surface area contributed by atoms with Crippen LogP contribution in [0, 0.1) is 5.92 Å². The van der Waals surface area contributed by atoms with Crippen LogP contribution in [0.15, 0.2) is 42.5 Å². The number of esters is 1. The zero-order chi connectivity index (χ0) is 13.9. The summed E-state index contributed by atoms with van der Waals surface area (Å²) in [4.78, 5) is 11.3. The molecule has 0 N–H and O–H groups in total. The van der Waals surface area contributed by atoms with Gasteiger partial charge in [0, 0.05) is 0 Å². The van der Waals surface area contributed by atoms with Crippen LogP contribution in [0.4, 0.5) is 0 Å². The van der Waals surface area contributed by atoms with Gasteiger partial charge in [0.2, 0.25) is 0 Å². The van der Waals surface area contributed by atoms with Crippen LogP contribution in [-0.4, -0.2) is 21.2 Å². The molecule has 1 aliphatic carbocycles. The Morgan fingerprint density at radius 1 is 1.26 bits per heavy atom. The Hall–Kier alpha value is -1.35. The number of hydrogen-bond acceptors (Lipinski definition) is 2. The van der Waals surface area contributed by atoms with Crippen molar-refractivity contribution in [2.24, 2.45) is 5.92 Å². The normalized spacial score (nSPS) is 22.5. The summed E-state index contributed by atoms with van der Waals surface area (Å²) in [6.45, 7) is 4.83. The molecule has 102 valence electrons. The highest BCUT2D eigenvalue weighted by Gasteiger charge is 2.36. The van der Waals surface area contributed by atoms with Crippen molar-refractivity contribution in [2.75, 3.05) is 7.11 Å². The highest BCUT2D eigenvalue weighted by Crippen LogP contribution is 2.37. The zero-order valence-corrected chi connectivity index (χ0v) is 12.9. The third-order valence-corrected chi connectivity index (χ3v) is 8.38. The summed E-state index contributed by atoms with van der Waals surface area (Å²) < 4.78 is 4.76. The summed E-state index contributed by atoms with van der Waals surface area (Å²) in [6.07, 6.45) is 6.14. The van der Waals surface area contributed by atoms with Crippen molar-refractivity contribution < 1.29 is 9.53 Å². The van der Waals surface area contributed by atoms with Crippen molar-refractivity contribution >= 4 is 19.2 Å². The summed E-state index contributed by atoms with van der Waals surface area (Å²) in [7, 11) is -0.0289. The average molecular weight is 274 g/mol. The fourth-order valence-electron chi connectivity index (χ4n) is 2.84. The summed E-state index contributed by atoms with van der Waals surface area (Å²) in [5.41, 5.74) is 0.615. The summed E-state index contributed by atoms with van der Waals surface area (Å²) >= 11 is 0. The smallest absolute Gasteiger partial charge is 0.306 e. The molecule has 0 aliphatic heterocycles. The molecule has 0 saturated carbocycles. The number of ether oxygens (including phenoxy) is 1. The number of methoxy groups -OCH3 is 1. The largest absolute Gasteiger partial charge is 0.469 e. The SMILES string of the molecule is COC(=O)C[C@H]1C=C[C@H]([Si](C)(C)c2ccccc2)C1. The van der Waals surface area contributed by atoms with Crippen molar-refractivity contribution in [3.63, 3.8) is 0 Å². The van der Waals surface area contributed by atoms with E-state index in [9.17, 15) is 4.79 Å². The number of carbonyl (C=O) groups excluding carboxylic acids is 1. The number of rotatable bonds is 4. The van der Waals surface area contributed by atoms with Gasteiger partial charge in [0.15, 0.2) is 0 Å². The van der Waals surface area contributed by atoms with Crippen LogP contribution in [0.25, 0.3) is 0 Å². The zero-order valence-electron chi connectivity index (χ0n) is 11.9. The van der Waals surface area contributed by atoms with Crippen LogP contribution < -0.4 is 5.19 Å². The van der Waals surface area contributed by atoms with Crippen molar-refractivity contribution in [3.05, 3.63) is 42.5 Å². The molecular weight excluding hydrogens is 252 g/mol. The van der Waals surface area contributed by atoms with Crippen LogP contribution in [-0.2, 0) is 9.53 Å². The quantitative estimate of drug-likeness (QED) is 0.479. The summed E-state index contributed by atoms with van der Waals surface area (Å²) in [6, 6.07) is 10.8. The lowest BCUT2D eigenvalue weighted by atomic mass is 10.1. The number of carbonyl (C=O) groups is 1. The fourth-order valence-corrected chi connectivity index (χ4v) is 5.80. The Labute approximate surface area is 116 Å². The molecule has 19 heavy (non-hydrogen) atoms. The molecule has 0 radical (unpaired) electrons. The fraction of sp³-hybridized carbons (Fsp3) is 0.438. The third-order valence-electron chi connectivity index (χ3n) is 4.27. The van der Waals surface area contributed by atoms with Gasteiger partial charge in [-0.15, -0.1) is 0 Å². The first kappa shape index (κ1) is 14.1. The Morgan fingerprint density at radius 2 is 1.95 bits per heavy atom. The predicted octanol–water partition coefficient (Wildman–Crippen LogP) is 3.11. The predicted molar refractivity (Wildman–Crippen MR) is 81.2 cm³/mol. The van der Waals surface area contributed by atoms with Gasteiger partial charge in [0.05, 0.1) is 21.6 Å². The van der Waals surface area contributed by atoms with Crippen LogP contribution in [0.1, 0.15) is 12.8 Å². The molecule has 2 rings (SSSR count). The standard InChI is InChI=1S/C16H22O2Si/c1-18-16(17)12-13-9-10-15(11-13)19(2,3)14-7-5-4-6-8-14/h4-10,13,15H,11-12H2,1-3H3/t13-,15-/m0/s1. The molecule has 0 fully saturated rings. The van der Waals surface area contributed by atoms with Gasteiger partial charge in [-0.05, 0) is 17.9 Å². The Balaban J connectivity index is 2.05. The molecule has 0 heterocycles. The maximum atomic E-state index is 11.3. The van der Waals surface area contributed by atoms with Gasteiger partial charge < -0.3 is 4.74 Å². The molecule has 0 spiro atoms. The van der Waals surface area contributed by atoms with Crippen molar-refractivity contribution in [1.29, 1.82) is 0 Å². The molecule has 3 heteroatoms. The van der Waals surface area contributed by atoms with E-state index in [4.69, 9.17) is 4.74 Å². The van der Waals surface area contributed by atoms with Gasteiger partial charge >= 0.3 is 5.97 Å². The van der Waals surface area contributed by atoms with E-state index in [0.717, 1.165) is 6.42 Å². The van der Waals surface area contributed by atoms with Crippen LogP contribution >= 0.6 is 0 Å². The van der Waals surface area contributed by atoms with Crippen molar-refractivity contribution in [2.45, 2.75) is 31.5 Å². The van der Waals surface area contributed by atoms with Gasteiger partial charge in [-0.3, -0.25) is 4.79 Å². The minimum absolute atomic E-state index is 0.102. The van der Waals surface area contributed by atoms with Crippen LogP contribution in [0.2, 0.25) is 18.6 Å². The third kappa shape index (κ3) is 3.15. The Bertz CT molecular complexity index is 465. The molecule has 0 aromatic heterocycles. The van der Waals surface area contributed by atoms with Gasteiger partial charge in [-0.2, -0.15) is 0 Å². The molecule has 0 unspecified atom stereocenters. The minimum Gasteiger partial charge on any atom is -0.469 e. The van der Waals surface area contributed by atoms with Gasteiger partial charge in [0.25, 0.3) is 0 Å². The molecule has 0 amide bonds. The van der Waals surface area contributed by atoms with Crippen molar-refractivity contribution in [3.8, 4) is 0 Å². The van der Waals surface area contributed by atoms with Gasteiger partial charge in [-0.25, -0.2) is 0 Å². The Morgan fingerprint density at radius 3 is 2.58 bits per heavy atom. The van der Waals surface area contributed by atoms with Crippen LogP contribution in [0.3, 0.4) is 0 Å². The molecular formula is C16H22O2Si. The summed E-state index contributed by atoms with van der Waals surface area (Å²) in [5, 5.41) is 1.49. The van der Waals surface area contributed by atoms with E-state index in [1.807, 2.05) is 0 Å². The first-order valence-corrected chi connectivity index (χ1v) is 9.92. The second-order valence-corrected chi connectivity index (χ2v) is 10.6. The molecule has 0 saturated heterocycles. The number of benzene rings is 1. The van der Waals surface area contributed by atoms with Crippen molar-refractivity contribution in [1.82, 2.24) is 0 Å². The van der Waals surface area contributed by atoms with E-state index in [1.54, 1.807) is 0 Å². The average Bonchev–Trinajstić information content (AvgIpc) is 2.89. The lowest BCUT2D eigenvalue weighted by Gasteiger charge is -2.29. The highest BCUT2D eigenvalue weighted by atomic mass is 28.3. The van der Waals surface area contributed by atoms with E-state index in [-0.39, 0.29) is 5.97 Å². The van der Waals surface area contributed by atoms with E-state index < -0.39 is 8.07 Å². The topological polar surface area (TPSA) is 26.3 Å². The van der Waals surface area contributed by atoms with Crippen LogP contribution in [0.5, 0.6) is 0 Å². The number of allylic oxidation sites excluding steroid dienone is 2. The van der Waals surface area contributed by atoms with E-state index in [2.05, 4.69) is 55.6 Å². The number of hydrogen-bond donors (Lipinski definition) is 0. The molecule has 1 aliphatic rings. The Kier molecular flexibility index (Phi) is 4.25. The molecule has 1 aromatic carbocycles. The van der Waals surface area contributed by atoms with Gasteiger partial charge in [0.1, 0.15) is 0 Å². The molecule has 2 atom stereocenters. The maximum Gasteiger partial charge on any atom is 0.306 e. The molecule has 0 bridgehead atoms. The minimum atomic E-state index is -1.49. The second-order valence-electron chi connectivity index (χ2n) is 5.86. The maximum absolute atomic E-state index is 11.3. The highest BCUT2D eigenvalue weighted by molar-refractivity contribution is 6.91. The summed E-state index contributed by atoms with van der Waals surface area (Å²) in [5.74, 6) is 0.252. The monoisotopic (exact) mass is 274 g/mol. The second kappa shape index (κ2) is 5.74.